The molecule has 2 N–H and O–H groups in total. The number of hydrogen-bond acceptors (Lipinski definition) is 7. The van der Waals surface area contributed by atoms with Crippen LogP contribution in [-0.4, -0.2) is 54.7 Å². The van der Waals surface area contributed by atoms with E-state index in [0.29, 0.717) is 24.3 Å². The van der Waals surface area contributed by atoms with E-state index in [1.807, 2.05) is 48.5 Å². The standard InChI is InChI=1S/C26H28N6O3/c33-26(19-27-23-9-5-2-6-10-23)29-28-18-22-11-12-24(25(17-22)32(34)35)31-15-13-30(14-16-31)20-21-7-3-1-4-8-21/h1-12,17-18,27H,13-16,19-20H2,(H,29,33)/b28-18-. The molecule has 1 heterocycles. The van der Waals surface area contributed by atoms with Gasteiger partial charge >= 0.3 is 0 Å². The van der Waals surface area contributed by atoms with Gasteiger partial charge in [0.15, 0.2) is 0 Å². The Kier molecular flexibility index (Phi) is 8.03. The van der Waals surface area contributed by atoms with E-state index in [4.69, 9.17) is 0 Å². The van der Waals surface area contributed by atoms with Gasteiger partial charge in [0.05, 0.1) is 17.7 Å². The number of para-hydroxylation sites is 1. The van der Waals surface area contributed by atoms with Crippen LogP contribution in [0.1, 0.15) is 11.1 Å². The van der Waals surface area contributed by atoms with Gasteiger partial charge in [-0.1, -0.05) is 54.6 Å². The Labute approximate surface area is 204 Å². The lowest BCUT2D eigenvalue weighted by molar-refractivity contribution is -0.384. The van der Waals surface area contributed by atoms with Crippen LogP contribution in [0.3, 0.4) is 0 Å². The summed E-state index contributed by atoms with van der Waals surface area (Å²) in [5, 5.41) is 18.7. The maximum atomic E-state index is 12.0. The first-order valence-corrected chi connectivity index (χ1v) is 11.5. The van der Waals surface area contributed by atoms with Crippen LogP contribution in [0.25, 0.3) is 0 Å². The summed E-state index contributed by atoms with van der Waals surface area (Å²) in [6.45, 7) is 4.03. The van der Waals surface area contributed by atoms with E-state index in [2.05, 4.69) is 37.8 Å². The molecule has 3 aromatic rings. The number of piperazine rings is 1. The van der Waals surface area contributed by atoms with Crippen molar-refractivity contribution in [2.45, 2.75) is 6.54 Å². The van der Waals surface area contributed by atoms with Gasteiger partial charge in [-0.05, 0) is 23.8 Å². The topological polar surface area (TPSA) is 103 Å². The zero-order valence-electron chi connectivity index (χ0n) is 19.3. The average Bonchev–Trinajstić information content (AvgIpc) is 2.89. The van der Waals surface area contributed by atoms with Crippen molar-refractivity contribution in [3.63, 3.8) is 0 Å². The number of amides is 1. The lowest BCUT2D eigenvalue weighted by atomic mass is 10.1. The smallest absolute Gasteiger partial charge is 0.293 e. The fourth-order valence-corrected chi connectivity index (χ4v) is 3.98. The second-order valence-electron chi connectivity index (χ2n) is 8.27. The molecule has 9 heteroatoms. The molecule has 0 atom stereocenters. The lowest BCUT2D eigenvalue weighted by Crippen LogP contribution is -2.46. The predicted molar refractivity (Wildman–Crippen MR) is 138 cm³/mol. The lowest BCUT2D eigenvalue weighted by Gasteiger charge is -2.35. The minimum Gasteiger partial charge on any atom is -0.376 e. The van der Waals surface area contributed by atoms with Crippen molar-refractivity contribution in [3.8, 4) is 0 Å². The third-order valence-electron chi connectivity index (χ3n) is 5.79. The first kappa shape index (κ1) is 23.9. The number of anilines is 2. The van der Waals surface area contributed by atoms with Gasteiger partial charge in [0, 0.05) is 50.0 Å². The summed E-state index contributed by atoms with van der Waals surface area (Å²) in [5.41, 5.74) is 5.70. The van der Waals surface area contributed by atoms with Crippen molar-refractivity contribution < 1.29 is 9.72 Å². The van der Waals surface area contributed by atoms with E-state index in [0.717, 1.165) is 25.3 Å². The molecule has 4 rings (SSSR count). The van der Waals surface area contributed by atoms with Crippen LogP contribution in [0.15, 0.2) is 84.0 Å². The van der Waals surface area contributed by atoms with E-state index in [1.165, 1.54) is 17.8 Å². The summed E-state index contributed by atoms with van der Waals surface area (Å²) < 4.78 is 0. The molecule has 0 bridgehead atoms. The summed E-state index contributed by atoms with van der Waals surface area (Å²) in [7, 11) is 0. The number of carbonyl (C=O) groups is 1. The van der Waals surface area contributed by atoms with Crippen LogP contribution >= 0.6 is 0 Å². The van der Waals surface area contributed by atoms with Crippen LogP contribution in [-0.2, 0) is 11.3 Å². The van der Waals surface area contributed by atoms with E-state index in [-0.39, 0.29) is 23.1 Å². The summed E-state index contributed by atoms with van der Waals surface area (Å²) in [6.07, 6.45) is 1.41. The number of carbonyl (C=O) groups excluding carboxylic acids is 1. The summed E-state index contributed by atoms with van der Waals surface area (Å²) in [6, 6.07) is 24.7. The van der Waals surface area contributed by atoms with Crippen molar-refractivity contribution in [3.05, 3.63) is 100 Å². The molecule has 0 radical (unpaired) electrons. The second kappa shape index (κ2) is 11.8. The minimum absolute atomic E-state index is 0.0301. The van der Waals surface area contributed by atoms with Gasteiger partial charge in [0.2, 0.25) is 0 Å². The number of nitrogens with one attached hydrogen (secondary N) is 2. The Bertz CT molecular complexity index is 1160. The van der Waals surface area contributed by atoms with Crippen molar-refractivity contribution in [1.82, 2.24) is 10.3 Å². The van der Waals surface area contributed by atoms with Crippen molar-refractivity contribution >= 4 is 29.2 Å². The quantitative estimate of drug-likeness (QED) is 0.281. The minimum atomic E-state index is -0.370. The zero-order chi connectivity index (χ0) is 24.5. The number of rotatable bonds is 9. The zero-order valence-corrected chi connectivity index (χ0v) is 19.3. The van der Waals surface area contributed by atoms with E-state index in [9.17, 15) is 14.9 Å². The van der Waals surface area contributed by atoms with E-state index < -0.39 is 0 Å². The van der Waals surface area contributed by atoms with Crippen LogP contribution in [0.5, 0.6) is 0 Å². The molecule has 0 unspecified atom stereocenters. The van der Waals surface area contributed by atoms with Crippen LogP contribution < -0.4 is 15.6 Å². The highest BCUT2D eigenvalue weighted by molar-refractivity contribution is 5.86. The van der Waals surface area contributed by atoms with Gasteiger partial charge in [0.25, 0.3) is 11.6 Å². The molecule has 35 heavy (non-hydrogen) atoms. The molecule has 0 aliphatic carbocycles. The highest BCUT2D eigenvalue weighted by Crippen LogP contribution is 2.30. The third kappa shape index (κ3) is 6.87. The Morgan fingerprint density at radius 1 is 0.971 bits per heavy atom. The number of benzene rings is 3. The summed E-state index contributed by atoms with van der Waals surface area (Å²) in [5.74, 6) is -0.315. The van der Waals surface area contributed by atoms with Gasteiger partial charge in [-0.2, -0.15) is 5.10 Å². The molecular weight excluding hydrogens is 444 g/mol. The molecule has 1 saturated heterocycles. The average molecular weight is 473 g/mol. The predicted octanol–water partition coefficient (Wildman–Crippen LogP) is 3.48. The maximum Gasteiger partial charge on any atom is 0.293 e. The van der Waals surface area contributed by atoms with Crippen molar-refractivity contribution in [2.75, 3.05) is 42.9 Å². The van der Waals surface area contributed by atoms with Crippen LogP contribution in [0, 0.1) is 10.1 Å². The molecule has 0 saturated carbocycles. The highest BCUT2D eigenvalue weighted by Gasteiger charge is 2.24. The van der Waals surface area contributed by atoms with E-state index in [1.54, 1.807) is 12.1 Å². The van der Waals surface area contributed by atoms with Gasteiger partial charge in [0.1, 0.15) is 5.69 Å². The molecule has 1 amide bonds. The van der Waals surface area contributed by atoms with Crippen molar-refractivity contribution in [2.24, 2.45) is 5.10 Å². The molecule has 0 aromatic heterocycles. The van der Waals surface area contributed by atoms with Crippen LogP contribution in [0.4, 0.5) is 17.1 Å². The fourth-order valence-electron chi connectivity index (χ4n) is 3.98. The Hall–Kier alpha value is -4.24. The van der Waals surface area contributed by atoms with Gasteiger partial charge < -0.3 is 10.2 Å². The molecule has 0 spiro atoms. The molecule has 180 valence electrons. The fraction of sp³-hybridized carbons (Fsp3) is 0.231. The summed E-state index contributed by atoms with van der Waals surface area (Å²) >= 11 is 0. The monoisotopic (exact) mass is 472 g/mol. The molecule has 1 fully saturated rings. The van der Waals surface area contributed by atoms with Gasteiger partial charge in [-0.3, -0.25) is 19.8 Å². The second-order valence-corrected chi connectivity index (χ2v) is 8.27. The maximum absolute atomic E-state index is 12.0. The first-order chi connectivity index (χ1) is 17.1. The molecule has 3 aromatic carbocycles. The number of nitro groups is 1. The first-order valence-electron chi connectivity index (χ1n) is 11.5. The Balaban J connectivity index is 1.32. The number of hydrogen-bond donors (Lipinski definition) is 2. The highest BCUT2D eigenvalue weighted by atomic mass is 16.6. The normalized spacial score (nSPS) is 14.1. The van der Waals surface area contributed by atoms with Crippen LogP contribution in [0.2, 0.25) is 0 Å². The molecule has 9 nitrogen and oxygen atoms in total. The number of nitro benzene ring substituents is 1. The van der Waals surface area contributed by atoms with Gasteiger partial charge in [-0.15, -0.1) is 0 Å². The molecular formula is C26H28N6O3. The SMILES string of the molecule is O=C(CNc1ccccc1)N/N=C\c1ccc(N2CCN(Cc3ccccc3)CC2)c([N+](=O)[O-])c1. The third-order valence-corrected chi connectivity index (χ3v) is 5.79. The Morgan fingerprint density at radius 3 is 2.34 bits per heavy atom. The number of hydrazone groups is 1. The summed E-state index contributed by atoms with van der Waals surface area (Å²) in [4.78, 5) is 27.8. The van der Waals surface area contributed by atoms with Gasteiger partial charge in [-0.25, -0.2) is 5.43 Å². The molecule has 1 aliphatic heterocycles. The largest absolute Gasteiger partial charge is 0.376 e. The number of nitrogens with zero attached hydrogens (tertiary/aromatic N) is 4. The Morgan fingerprint density at radius 2 is 1.66 bits per heavy atom. The van der Waals surface area contributed by atoms with Crippen molar-refractivity contribution in [1.29, 1.82) is 0 Å². The van der Waals surface area contributed by atoms with E-state index >= 15 is 0 Å². The molecule has 1 aliphatic rings.